The Morgan fingerprint density at radius 2 is 1.30 bits per heavy atom. The average molecular weight is 311 g/mol. The van der Waals surface area contributed by atoms with Crippen LogP contribution in [0.3, 0.4) is 0 Å². The molecule has 2 N–H and O–H groups in total. The highest BCUT2D eigenvalue weighted by molar-refractivity contribution is 5.21. The fourth-order valence-electron chi connectivity index (χ4n) is 3.02. The van der Waals surface area contributed by atoms with E-state index in [0.717, 1.165) is 30.4 Å². The fraction of sp³-hybridized carbons (Fsp3) is 0.381. The molecule has 1 atom stereocenters. The van der Waals surface area contributed by atoms with Crippen LogP contribution in [0, 0.1) is 6.92 Å². The summed E-state index contributed by atoms with van der Waals surface area (Å²) < 4.78 is 0. The van der Waals surface area contributed by atoms with Crippen molar-refractivity contribution in [2.24, 2.45) is 0 Å². The first-order valence-electron chi connectivity index (χ1n) is 8.39. The molecule has 0 aliphatic heterocycles. The number of hydrogen-bond acceptors (Lipinski definition) is 2. The summed E-state index contributed by atoms with van der Waals surface area (Å²) in [7, 11) is 0. The molecule has 1 radical (unpaired) electrons. The smallest absolute Gasteiger partial charge is 0.0728 e. The zero-order valence-electron chi connectivity index (χ0n) is 13.7. The third kappa shape index (κ3) is 6.55. The third-order valence-electron chi connectivity index (χ3n) is 4.18. The molecule has 0 bridgehead atoms. The molecule has 123 valence electrons. The van der Waals surface area contributed by atoms with Crippen LogP contribution in [-0.2, 0) is 12.8 Å². The standard InChI is InChI=1S/C21H27O2/c1-18(22)10-8-9-15-21(23,16-19-11-4-2-5-12-19)17-20-13-6-3-7-14-20/h2-7,11-14,18,22-23H,1,8-10,15-17H2. The molecule has 0 heterocycles. The maximum Gasteiger partial charge on any atom is 0.0728 e. The molecule has 2 heteroatoms. The Labute approximate surface area is 139 Å². The molecule has 0 aliphatic rings. The van der Waals surface area contributed by atoms with Crippen LogP contribution in [0.2, 0.25) is 0 Å². The van der Waals surface area contributed by atoms with Gasteiger partial charge in [-0.2, -0.15) is 0 Å². The van der Waals surface area contributed by atoms with E-state index in [1.54, 1.807) is 0 Å². The normalized spacial score (nSPS) is 13.0. The monoisotopic (exact) mass is 311 g/mol. The molecule has 23 heavy (non-hydrogen) atoms. The molecule has 2 nitrogen and oxygen atoms in total. The van der Waals surface area contributed by atoms with Crippen molar-refractivity contribution in [3.8, 4) is 0 Å². The SMILES string of the molecule is [CH2]C(O)CCCCC(O)(Cc1ccccc1)Cc1ccccc1. The van der Waals surface area contributed by atoms with Gasteiger partial charge in [0, 0.05) is 12.8 Å². The highest BCUT2D eigenvalue weighted by Gasteiger charge is 2.27. The van der Waals surface area contributed by atoms with Crippen LogP contribution in [0.25, 0.3) is 0 Å². The predicted molar refractivity (Wildman–Crippen MR) is 95.1 cm³/mol. The molecular weight excluding hydrogens is 284 g/mol. The number of aliphatic hydroxyl groups excluding tert-OH is 1. The predicted octanol–water partition coefficient (Wildman–Crippen LogP) is 3.96. The van der Waals surface area contributed by atoms with Crippen molar-refractivity contribution in [3.05, 3.63) is 78.7 Å². The van der Waals surface area contributed by atoms with Gasteiger partial charge in [-0.3, -0.25) is 0 Å². The summed E-state index contributed by atoms with van der Waals surface area (Å²) in [4.78, 5) is 0. The van der Waals surface area contributed by atoms with Crippen LogP contribution >= 0.6 is 0 Å². The lowest BCUT2D eigenvalue weighted by atomic mass is 9.83. The summed E-state index contributed by atoms with van der Waals surface area (Å²) >= 11 is 0. The van der Waals surface area contributed by atoms with Crippen molar-refractivity contribution in [1.82, 2.24) is 0 Å². The number of benzene rings is 2. The largest absolute Gasteiger partial charge is 0.393 e. The maximum atomic E-state index is 11.2. The summed E-state index contributed by atoms with van der Waals surface area (Å²) in [5, 5.41) is 20.5. The number of hydrogen-bond donors (Lipinski definition) is 2. The third-order valence-corrected chi connectivity index (χ3v) is 4.18. The minimum Gasteiger partial charge on any atom is -0.393 e. The Hall–Kier alpha value is -1.64. The first kappa shape index (κ1) is 17.7. The van der Waals surface area contributed by atoms with Gasteiger partial charge in [0.25, 0.3) is 0 Å². The molecule has 1 unspecified atom stereocenters. The van der Waals surface area contributed by atoms with Gasteiger partial charge in [-0.15, -0.1) is 0 Å². The van der Waals surface area contributed by atoms with Gasteiger partial charge in [-0.1, -0.05) is 73.5 Å². The topological polar surface area (TPSA) is 40.5 Å². The first-order valence-corrected chi connectivity index (χ1v) is 8.39. The molecule has 0 aromatic heterocycles. The Balaban J connectivity index is 2.03. The minimum absolute atomic E-state index is 0.508. The molecule has 0 aliphatic carbocycles. The van der Waals surface area contributed by atoms with Crippen molar-refractivity contribution in [1.29, 1.82) is 0 Å². The maximum absolute atomic E-state index is 11.2. The number of unbranched alkanes of at least 4 members (excludes halogenated alkanes) is 1. The van der Waals surface area contributed by atoms with Crippen LogP contribution < -0.4 is 0 Å². The van der Waals surface area contributed by atoms with E-state index in [1.807, 2.05) is 36.4 Å². The fourth-order valence-corrected chi connectivity index (χ4v) is 3.02. The lowest BCUT2D eigenvalue weighted by molar-refractivity contribution is 0.0286. The Morgan fingerprint density at radius 1 is 0.826 bits per heavy atom. The van der Waals surface area contributed by atoms with Crippen molar-refractivity contribution in [2.75, 3.05) is 0 Å². The highest BCUT2D eigenvalue weighted by atomic mass is 16.3. The number of aliphatic hydroxyl groups is 2. The second kappa shape index (κ2) is 8.85. The molecule has 0 spiro atoms. The van der Waals surface area contributed by atoms with Gasteiger partial charge < -0.3 is 10.2 Å². The Morgan fingerprint density at radius 3 is 1.74 bits per heavy atom. The van der Waals surface area contributed by atoms with Crippen LogP contribution in [0.1, 0.15) is 36.8 Å². The van der Waals surface area contributed by atoms with E-state index in [0.29, 0.717) is 19.3 Å². The Bertz CT molecular complexity index is 507. The summed E-state index contributed by atoms with van der Waals surface area (Å²) in [6.07, 6.45) is 3.98. The molecule has 0 fully saturated rings. The van der Waals surface area contributed by atoms with Crippen LogP contribution in [0.15, 0.2) is 60.7 Å². The van der Waals surface area contributed by atoms with E-state index in [-0.39, 0.29) is 0 Å². The lowest BCUT2D eigenvalue weighted by Crippen LogP contribution is -2.34. The summed E-state index contributed by atoms with van der Waals surface area (Å²) in [5.41, 5.74) is 1.56. The van der Waals surface area contributed by atoms with E-state index < -0.39 is 11.7 Å². The van der Waals surface area contributed by atoms with Gasteiger partial charge in [0.15, 0.2) is 0 Å². The quantitative estimate of drug-likeness (QED) is 0.688. The highest BCUT2D eigenvalue weighted by Crippen LogP contribution is 2.25. The van der Waals surface area contributed by atoms with E-state index in [1.165, 1.54) is 0 Å². The van der Waals surface area contributed by atoms with Crippen molar-refractivity contribution < 1.29 is 10.2 Å². The second-order valence-electron chi connectivity index (χ2n) is 6.45. The number of rotatable bonds is 9. The lowest BCUT2D eigenvalue weighted by Gasteiger charge is -2.29. The first-order chi connectivity index (χ1) is 11.1. The zero-order valence-corrected chi connectivity index (χ0v) is 13.7. The van der Waals surface area contributed by atoms with Gasteiger partial charge in [0.05, 0.1) is 11.7 Å². The van der Waals surface area contributed by atoms with Crippen LogP contribution in [0.5, 0.6) is 0 Å². The molecule has 2 aromatic carbocycles. The van der Waals surface area contributed by atoms with Crippen LogP contribution in [0.4, 0.5) is 0 Å². The van der Waals surface area contributed by atoms with Gasteiger partial charge in [0.2, 0.25) is 0 Å². The van der Waals surface area contributed by atoms with Crippen molar-refractivity contribution in [3.63, 3.8) is 0 Å². The van der Waals surface area contributed by atoms with Crippen molar-refractivity contribution in [2.45, 2.75) is 50.2 Å². The van der Waals surface area contributed by atoms with Crippen LogP contribution in [-0.4, -0.2) is 21.9 Å². The van der Waals surface area contributed by atoms with Gasteiger partial charge in [-0.05, 0) is 30.9 Å². The minimum atomic E-state index is -0.755. The molecule has 0 amide bonds. The average Bonchev–Trinajstić information content (AvgIpc) is 2.53. The molecular formula is C21H27O2. The van der Waals surface area contributed by atoms with E-state index >= 15 is 0 Å². The molecule has 2 rings (SSSR count). The zero-order chi connectivity index (χ0) is 16.5. The van der Waals surface area contributed by atoms with Gasteiger partial charge >= 0.3 is 0 Å². The van der Waals surface area contributed by atoms with Crippen molar-refractivity contribution >= 4 is 0 Å². The van der Waals surface area contributed by atoms with Gasteiger partial charge in [-0.25, -0.2) is 0 Å². The second-order valence-corrected chi connectivity index (χ2v) is 6.45. The van der Waals surface area contributed by atoms with E-state index in [9.17, 15) is 10.2 Å². The summed E-state index contributed by atoms with van der Waals surface area (Å²) in [6, 6.07) is 20.3. The van der Waals surface area contributed by atoms with E-state index in [4.69, 9.17) is 0 Å². The van der Waals surface area contributed by atoms with E-state index in [2.05, 4.69) is 31.2 Å². The molecule has 2 aromatic rings. The summed E-state index contributed by atoms with van der Waals surface area (Å²) in [6.45, 7) is 3.60. The molecule has 0 saturated heterocycles. The van der Waals surface area contributed by atoms with Gasteiger partial charge in [0.1, 0.15) is 0 Å². The summed E-state index contributed by atoms with van der Waals surface area (Å²) in [5.74, 6) is 0. The molecule has 0 saturated carbocycles. The Kier molecular flexibility index (Phi) is 6.82.